The van der Waals surface area contributed by atoms with Gasteiger partial charge in [0.25, 0.3) is 0 Å². The minimum Gasteiger partial charge on any atom is -0.496 e. The molecule has 6 rings (SSSR count). The van der Waals surface area contributed by atoms with E-state index in [2.05, 4.69) is 31.2 Å². The fourth-order valence-corrected chi connectivity index (χ4v) is 10.0. The maximum atomic E-state index is 13.2. The number of ketones is 2. The molecule has 18 nitrogen and oxygen atoms in total. The molecule has 0 aliphatic heterocycles. The number of anilines is 4. The Bertz CT molecular complexity index is 2880. The molecule has 0 radical (unpaired) electrons. The number of thioether (sulfide) groups is 1. The minimum absolute atomic E-state index is 0.00360. The van der Waals surface area contributed by atoms with Crippen LogP contribution in [0.25, 0.3) is 0 Å². The number of hydrogen-bond donors (Lipinski definition) is 6. The van der Waals surface area contributed by atoms with E-state index in [1.165, 1.54) is 37.3 Å². The number of nitrogens with one attached hydrogen (secondary N) is 4. The molecule has 6 N–H and O–H groups in total. The number of rotatable bonds is 18. The summed E-state index contributed by atoms with van der Waals surface area (Å²) in [7, 11) is -0.888. The van der Waals surface area contributed by atoms with Crippen molar-refractivity contribution >= 4 is 101 Å². The van der Waals surface area contributed by atoms with Crippen LogP contribution >= 0.6 is 34.4 Å². The van der Waals surface area contributed by atoms with Crippen molar-refractivity contribution in [2.45, 2.75) is 35.1 Å². The van der Waals surface area contributed by atoms with E-state index in [9.17, 15) is 37.2 Å². The number of thiazole rings is 2. The number of methoxy groups -OCH3 is 2. The first-order valence-electron chi connectivity index (χ1n) is 19.4. The van der Waals surface area contributed by atoms with Crippen molar-refractivity contribution < 1.29 is 56.9 Å². The second kappa shape index (κ2) is 23.2. The van der Waals surface area contributed by atoms with Crippen molar-refractivity contribution in [3.8, 4) is 11.5 Å². The topological polar surface area (TPSA) is 269 Å². The van der Waals surface area contributed by atoms with Gasteiger partial charge in [-0.2, -0.15) is 0 Å². The first kappa shape index (κ1) is 49.9. The third-order valence-corrected chi connectivity index (χ3v) is 14.2. The fraction of sp³-hybridized carbons (Fsp3) is 0.182. The van der Waals surface area contributed by atoms with Crippen molar-refractivity contribution in [1.29, 1.82) is 0 Å². The third-order valence-electron chi connectivity index (χ3n) is 8.90. The number of aromatic nitrogens is 2. The number of aliphatic carboxylic acids is 2. The summed E-state index contributed by atoms with van der Waals surface area (Å²) in [6, 6.07) is 22.5. The number of amides is 4. The first-order valence-corrected chi connectivity index (χ1v) is 23.7. The summed E-state index contributed by atoms with van der Waals surface area (Å²) in [5.74, 6) is -2.03. The van der Waals surface area contributed by atoms with Gasteiger partial charge in [-0.3, -0.25) is 29.8 Å². The summed E-state index contributed by atoms with van der Waals surface area (Å²) < 4.78 is 35.6. The summed E-state index contributed by atoms with van der Waals surface area (Å²) in [6.45, 7) is 3.67. The standard InChI is InChI=1S/C22H21N3O7S2.C22H21N3O5S2/c1-13-7-8-16(15(11-13)20(28)14-5-3-4-6-17(14)32-2)24-21(29)25-22-23-12-19(33-22)34(30,31)10-9-18(26)27;1-13-7-8-16(15(11-13)20(28)14-5-3-4-6-17(14)30-2)24-21(29)25-22-23-12-19(32-22)31-10-9-18(26)27/h3-8,11-12H,9-10H2,1-2H3,(H,26,27)(H2,23,24,25,29);3-8,11-12H,9-10H2,1-2H3,(H,26,27)(H2,23,24,25,29). The molecule has 0 spiro atoms. The highest BCUT2D eigenvalue weighted by Crippen LogP contribution is 2.31. The number of sulfone groups is 1. The lowest BCUT2D eigenvalue weighted by Gasteiger charge is -2.13. The van der Waals surface area contributed by atoms with Gasteiger partial charge in [-0.25, -0.2) is 28.0 Å². The average molecular weight is 975 g/mol. The molecule has 0 aliphatic rings. The third kappa shape index (κ3) is 13.9. The van der Waals surface area contributed by atoms with Crippen LogP contribution in [0.2, 0.25) is 0 Å². The number of benzene rings is 4. The molecular weight excluding hydrogens is 933 g/mol. The molecule has 0 fully saturated rings. The Hall–Kier alpha value is -7.14. The Kier molecular flexibility index (Phi) is 17.5. The maximum Gasteiger partial charge on any atom is 0.325 e. The van der Waals surface area contributed by atoms with Gasteiger partial charge in [0.2, 0.25) is 0 Å². The monoisotopic (exact) mass is 974 g/mol. The maximum absolute atomic E-state index is 13.2. The van der Waals surface area contributed by atoms with E-state index in [0.29, 0.717) is 56.1 Å². The summed E-state index contributed by atoms with van der Waals surface area (Å²) in [5, 5.41) is 28.2. The molecule has 2 heterocycles. The molecule has 6 aromatic rings. The molecule has 2 aromatic heterocycles. The summed E-state index contributed by atoms with van der Waals surface area (Å²) in [5.41, 5.74) is 3.59. The average Bonchev–Trinajstić information content (AvgIpc) is 3.96. The first-order chi connectivity index (χ1) is 31.5. The van der Waals surface area contributed by atoms with Gasteiger partial charge in [0.15, 0.2) is 31.7 Å². The van der Waals surface area contributed by atoms with Gasteiger partial charge in [-0.05, 0) is 62.4 Å². The largest absolute Gasteiger partial charge is 0.496 e. The number of para-hydroxylation sites is 2. The number of carbonyl (C=O) groups excluding carboxylic acids is 4. The quantitative estimate of drug-likeness (QED) is 0.0348. The summed E-state index contributed by atoms with van der Waals surface area (Å²) >= 11 is 3.30. The van der Waals surface area contributed by atoms with Crippen molar-refractivity contribution in [3.63, 3.8) is 0 Å². The van der Waals surface area contributed by atoms with Crippen LogP contribution in [0.1, 0.15) is 55.8 Å². The van der Waals surface area contributed by atoms with Crippen LogP contribution in [-0.2, 0) is 19.4 Å². The molecule has 0 saturated carbocycles. The number of carboxylic acid groups (broad SMARTS) is 2. The normalized spacial score (nSPS) is 10.7. The van der Waals surface area contributed by atoms with Crippen LogP contribution in [-0.4, -0.2) is 89.9 Å². The molecule has 0 bridgehead atoms. The predicted molar refractivity (Wildman–Crippen MR) is 252 cm³/mol. The number of ether oxygens (including phenoxy) is 2. The van der Waals surface area contributed by atoms with Gasteiger partial charge < -0.3 is 30.3 Å². The van der Waals surface area contributed by atoms with Crippen LogP contribution in [0.3, 0.4) is 0 Å². The van der Waals surface area contributed by atoms with E-state index in [1.807, 2.05) is 13.8 Å². The smallest absolute Gasteiger partial charge is 0.325 e. The Morgan fingerprint density at radius 1 is 0.621 bits per heavy atom. The fourth-order valence-electron chi connectivity index (χ4n) is 5.77. The van der Waals surface area contributed by atoms with Gasteiger partial charge >= 0.3 is 24.0 Å². The highest BCUT2D eigenvalue weighted by molar-refractivity contribution is 8.01. The predicted octanol–water partition coefficient (Wildman–Crippen LogP) is 8.49. The number of carboxylic acids is 2. The Balaban J connectivity index is 0.000000248. The van der Waals surface area contributed by atoms with Crippen molar-refractivity contribution in [2.75, 3.05) is 47.0 Å². The molecule has 0 unspecified atom stereocenters. The molecule has 4 aromatic carbocycles. The highest BCUT2D eigenvalue weighted by atomic mass is 32.2. The van der Waals surface area contributed by atoms with Crippen LogP contribution < -0.4 is 30.7 Å². The van der Waals surface area contributed by atoms with E-state index >= 15 is 0 Å². The van der Waals surface area contributed by atoms with Gasteiger partial charge in [0.05, 0.1) is 71.9 Å². The summed E-state index contributed by atoms with van der Waals surface area (Å²) in [6.07, 6.45) is 2.14. The number of aryl methyl sites for hydroxylation is 2. The molecular formula is C44H42N6O12S4. The van der Waals surface area contributed by atoms with Crippen molar-refractivity contribution in [2.24, 2.45) is 0 Å². The SMILES string of the molecule is COc1ccccc1C(=O)c1cc(C)ccc1NC(=O)Nc1ncc(S(=O)(=O)CCC(=O)O)s1.COc1ccccc1C(=O)c1cc(C)ccc1NC(=O)Nc1ncc(SCCC(=O)O)s1. The van der Waals surface area contributed by atoms with Crippen molar-refractivity contribution in [3.05, 3.63) is 131 Å². The summed E-state index contributed by atoms with van der Waals surface area (Å²) in [4.78, 5) is 80.7. The Morgan fingerprint density at radius 2 is 1.09 bits per heavy atom. The lowest BCUT2D eigenvalue weighted by molar-refractivity contribution is -0.137. The minimum atomic E-state index is -3.84. The zero-order valence-electron chi connectivity index (χ0n) is 35.6. The second-order valence-corrected chi connectivity index (χ2v) is 19.5. The van der Waals surface area contributed by atoms with Gasteiger partial charge in [0, 0.05) is 16.9 Å². The zero-order chi connectivity index (χ0) is 48.0. The molecule has 344 valence electrons. The van der Waals surface area contributed by atoms with E-state index in [0.717, 1.165) is 21.5 Å². The lowest BCUT2D eigenvalue weighted by Crippen LogP contribution is -2.21. The number of nitrogens with zero attached hydrogens (tertiary/aromatic N) is 2. The van der Waals surface area contributed by atoms with Gasteiger partial charge in [0.1, 0.15) is 15.7 Å². The number of carbonyl (C=O) groups is 6. The van der Waals surface area contributed by atoms with Crippen molar-refractivity contribution in [1.82, 2.24) is 9.97 Å². The van der Waals surface area contributed by atoms with Crippen LogP contribution in [0.15, 0.2) is 106 Å². The van der Waals surface area contributed by atoms with Crippen LogP contribution in [0.5, 0.6) is 11.5 Å². The van der Waals surface area contributed by atoms with Crippen LogP contribution in [0, 0.1) is 13.8 Å². The Morgan fingerprint density at radius 3 is 1.58 bits per heavy atom. The van der Waals surface area contributed by atoms with Crippen LogP contribution in [0.4, 0.5) is 31.2 Å². The van der Waals surface area contributed by atoms with E-state index < -0.39 is 46.0 Å². The molecule has 0 aliphatic carbocycles. The number of urea groups is 2. The van der Waals surface area contributed by atoms with Gasteiger partial charge in [-0.15, -0.1) is 11.8 Å². The molecule has 0 atom stereocenters. The molecule has 0 saturated heterocycles. The number of hydrogen-bond acceptors (Lipinski definition) is 15. The lowest BCUT2D eigenvalue weighted by atomic mass is 9.99. The zero-order valence-corrected chi connectivity index (χ0v) is 38.8. The molecule has 4 amide bonds. The second-order valence-electron chi connectivity index (χ2n) is 13.7. The highest BCUT2D eigenvalue weighted by Gasteiger charge is 2.23. The van der Waals surface area contributed by atoms with E-state index in [1.54, 1.807) is 91.1 Å². The Labute approximate surface area is 390 Å². The van der Waals surface area contributed by atoms with E-state index in [-0.39, 0.29) is 38.6 Å². The molecule has 66 heavy (non-hydrogen) atoms. The van der Waals surface area contributed by atoms with E-state index in [4.69, 9.17) is 19.7 Å². The van der Waals surface area contributed by atoms with Gasteiger partial charge in [-0.1, -0.05) is 70.2 Å². The molecule has 22 heteroatoms.